The van der Waals surface area contributed by atoms with Gasteiger partial charge in [0.1, 0.15) is 0 Å². The number of hydrogen-bond acceptors (Lipinski definition) is 4. The van der Waals surface area contributed by atoms with E-state index in [0.717, 1.165) is 38.1 Å². The molecule has 3 rings (SSSR count). The van der Waals surface area contributed by atoms with E-state index in [9.17, 15) is 4.79 Å². The average molecular weight is 359 g/mol. The zero-order valence-corrected chi connectivity index (χ0v) is 15.6. The molecule has 0 bridgehead atoms. The molecule has 1 unspecified atom stereocenters. The van der Waals surface area contributed by atoms with Crippen molar-refractivity contribution in [1.29, 1.82) is 0 Å². The molecule has 25 heavy (non-hydrogen) atoms. The Labute approximate surface area is 153 Å². The van der Waals surface area contributed by atoms with Crippen LogP contribution in [-0.4, -0.2) is 36.6 Å². The first-order valence-electron chi connectivity index (χ1n) is 8.87. The van der Waals surface area contributed by atoms with Crippen LogP contribution in [0.15, 0.2) is 41.8 Å². The van der Waals surface area contributed by atoms with Crippen molar-refractivity contribution in [2.45, 2.75) is 39.0 Å². The number of thiophene rings is 1. The van der Waals surface area contributed by atoms with Crippen LogP contribution in [0.1, 0.15) is 28.8 Å². The van der Waals surface area contributed by atoms with Crippen molar-refractivity contribution < 1.29 is 9.53 Å². The van der Waals surface area contributed by atoms with Gasteiger partial charge in [-0.1, -0.05) is 35.9 Å². The highest BCUT2D eigenvalue weighted by Gasteiger charge is 2.21. The molecular weight excluding hydrogens is 332 g/mol. The zero-order chi connectivity index (χ0) is 17.5. The summed E-state index contributed by atoms with van der Waals surface area (Å²) in [4.78, 5) is 15.9. The summed E-state index contributed by atoms with van der Waals surface area (Å²) in [5.74, 6) is 0.0649. The number of benzene rings is 1. The normalized spacial score (nSPS) is 17.1. The fraction of sp³-hybridized carbons (Fsp3) is 0.450. The summed E-state index contributed by atoms with van der Waals surface area (Å²) in [5.41, 5.74) is 2.36. The van der Waals surface area contributed by atoms with Crippen LogP contribution in [0, 0.1) is 6.92 Å². The van der Waals surface area contributed by atoms with E-state index in [1.54, 1.807) is 11.3 Å². The number of rotatable bonds is 8. The second kappa shape index (κ2) is 9.13. The lowest BCUT2D eigenvalue weighted by Crippen LogP contribution is -2.40. The summed E-state index contributed by atoms with van der Waals surface area (Å²) >= 11 is 1.73. The quantitative estimate of drug-likeness (QED) is 0.787. The lowest BCUT2D eigenvalue weighted by atomic mass is 10.1. The maximum Gasteiger partial charge on any atom is 0.234 e. The van der Waals surface area contributed by atoms with E-state index in [2.05, 4.69) is 58.9 Å². The molecule has 1 N–H and O–H groups in total. The third kappa shape index (κ3) is 5.96. The predicted octanol–water partition coefficient (Wildman–Crippen LogP) is 3.35. The van der Waals surface area contributed by atoms with Crippen LogP contribution in [-0.2, 0) is 22.6 Å². The molecule has 1 fully saturated rings. The van der Waals surface area contributed by atoms with Crippen molar-refractivity contribution >= 4 is 17.2 Å². The number of hydrogen-bond donors (Lipinski definition) is 1. The largest absolute Gasteiger partial charge is 0.377 e. The minimum Gasteiger partial charge on any atom is -0.377 e. The summed E-state index contributed by atoms with van der Waals surface area (Å²) in [6.07, 6.45) is 2.47. The molecule has 0 saturated carbocycles. The van der Waals surface area contributed by atoms with Crippen LogP contribution in [0.2, 0.25) is 0 Å². The number of carbonyl (C=O) groups excluding carboxylic acids is 1. The second-order valence-corrected chi connectivity index (χ2v) is 7.68. The Bertz CT molecular complexity index is 649. The van der Waals surface area contributed by atoms with Gasteiger partial charge < -0.3 is 10.1 Å². The molecule has 5 heteroatoms. The minimum atomic E-state index is 0.0649. The van der Waals surface area contributed by atoms with E-state index in [1.165, 1.54) is 10.4 Å². The van der Waals surface area contributed by atoms with Crippen LogP contribution in [0.3, 0.4) is 0 Å². The fourth-order valence-electron chi connectivity index (χ4n) is 3.05. The van der Waals surface area contributed by atoms with Crippen molar-refractivity contribution in [1.82, 2.24) is 10.2 Å². The molecule has 2 aromatic rings. The highest BCUT2D eigenvalue weighted by Crippen LogP contribution is 2.17. The highest BCUT2D eigenvalue weighted by atomic mass is 32.1. The maximum absolute atomic E-state index is 12.4. The SMILES string of the molecule is Cc1ccc(CNC(=O)CN(Cc2cccs2)CC2CCCO2)cc1. The van der Waals surface area contributed by atoms with Crippen molar-refractivity contribution in [3.8, 4) is 0 Å². The molecule has 1 atom stereocenters. The van der Waals surface area contributed by atoms with Gasteiger partial charge in [0.2, 0.25) is 5.91 Å². The molecule has 0 aliphatic carbocycles. The Morgan fingerprint density at radius 1 is 1.32 bits per heavy atom. The molecular formula is C20H26N2O2S. The summed E-state index contributed by atoms with van der Waals surface area (Å²) in [5, 5.41) is 5.12. The third-order valence-electron chi connectivity index (χ3n) is 4.42. The van der Waals surface area contributed by atoms with Gasteiger partial charge >= 0.3 is 0 Å². The molecule has 1 saturated heterocycles. The minimum absolute atomic E-state index is 0.0649. The van der Waals surface area contributed by atoms with Crippen molar-refractivity contribution in [2.75, 3.05) is 19.7 Å². The Morgan fingerprint density at radius 2 is 2.16 bits per heavy atom. The van der Waals surface area contributed by atoms with E-state index in [-0.39, 0.29) is 12.0 Å². The number of carbonyl (C=O) groups is 1. The Kier molecular flexibility index (Phi) is 6.62. The summed E-state index contributed by atoms with van der Waals surface area (Å²) in [7, 11) is 0. The molecule has 4 nitrogen and oxygen atoms in total. The first kappa shape index (κ1) is 18.1. The Balaban J connectivity index is 1.52. The molecule has 0 radical (unpaired) electrons. The van der Waals surface area contributed by atoms with Gasteiger partial charge in [-0.2, -0.15) is 0 Å². The zero-order valence-electron chi connectivity index (χ0n) is 14.7. The molecule has 0 spiro atoms. The van der Waals surface area contributed by atoms with Crippen molar-refractivity contribution in [2.24, 2.45) is 0 Å². The maximum atomic E-state index is 12.4. The van der Waals surface area contributed by atoms with Crippen LogP contribution in [0.25, 0.3) is 0 Å². The van der Waals surface area contributed by atoms with Crippen LogP contribution in [0.4, 0.5) is 0 Å². The summed E-state index contributed by atoms with van der Waals surface area (Å²) in [6.45, 7) is 5.51. The van der Waals surface area contributed by atoms with E-state index in [0.29, 0.717) is 13.1 Å². The van der Waals surface area contributed by atoms with Gasteiger partial charge in [-0.25, -0.2) is 0 Å². The monoisotopic (exact) mass is 358 g/mol. The predicted molar refractivity (Wildman–Crippen MR) is 102 cm³/mol. The smallest absolute Gasteiger partial charge is 0.234 e. The first-order chi connectivity index (χ1) is 12.2. The van der Waals surface area contributed by atoms with Crippen LogP contribution in [0.5, 0.6) is 0 Å². The molecule has 1 aromatic heterocycles. The lowest BCUT2D eigenvalue weighted by molar-refractivity contribution is -0.122. The molecule has 1 amide bonds. The number of nitrogens with zero attached hydrogens (tertiary/aromatic N) is 1. The third-order valence-corrected chi connectivity index (χ3v) is 5.28. The topological polar surface area (TPSA) is 41.6 Å². The molecule has 1 aliphatic rings. The second-order valence-electron chi connectivity index (χ2n) is 6.65. The average Bonchev–Trinajstić information content (AvgIpc) is 3.28. The van der Waals surface area contributed by atoms with Gasteiger partial charge in [0, 0.05) is 31.1 Å². The molecule has 134 valence electrons. The Hall–Kier alpha value is -1.69. The van der Waals surface area contributed by atoms with Crippen molar-refractivity contribution in [3.05, 3.63) is 57.8 Å². The van der Waals surface area contributed by atoms with Gasteiger partial charge in [-0.3, -0.25) is 9.69 Å². The van der Waals surface area contributed by atoms with Gasteiger partial charge in [0.15, 0.2) is 0 Å². The number of ether oxygens (including phenoxy) is 1. The van der Waals surface area contributed by atoms with Crippen molar-refractivity contribution in [3.63, 3.8) is 0 Å². The summed E-state index contributed by atoms with van der Waals surface area (Å²) < 4.78 is 5.75. The van der Waals surface area contributed by atoms with Gasteiger partial charge in [0.05, 0.1) is 12.6 Å². The fourth-order valence-corrected chi connectivity index (χ4v) is 3.80. The lowest BCUT2D eigenvalue weighted by Gasteiger charge is -2.24. The van der Waals surface area contributed by atoms with E-state index >= 15 is 0 Å². The molecule has 1 aliphatic heterocycles. The van der Waals surface area contributed by atoms with E-state index in [1.807, 2.05) is 0 Å². The standard InChI is InChI=1S/C20H26N2O2S/c1-16-6-8-17(9-7-16)12-21-20(23)15-22(13-18-4-2-10-24-18)14-19-5-3-11-25-19/h3,5-9,11,18H,2,4,10,12-15H2,1H3,(H,21,23). The molecule has 1 aromatic carbocycles. The number of aryl methyl sites for hydroxylation is 1. The van der Waals surface area contributed by atoms with Crippen LogP contribution < -0.4 is 5.32 Å². The first-order valence-corrected chi connectivity index (χ1v) is 9.75. The number of nitrogens with one attached hydrogen (secondary N) is 1. The van der Waals surface area contributed by atoms with Gasteiger partial charge in [-0.05, 0) is 36.8 Å². The highest BCUT2D eigenvalue weighted by molar-refractivity contribution is 7.09. The van der Waals surface area contributed by atoms with Gasteiger partial charge in [0.25, 0.3) is 0 Å². The Morgan fingerprint density at radius 3 is 2.84 bits per heavy atom. The number of amides is 1. The van der Waals surface area contributed by atoms with E-state index in [4.69, 9.17) is 4.74 Å². The summed E-state index contributed by atoms with van der Waals surface area (Å²) in [6, 6.07) is 12.4. The van der Waals surface area contributed by atoms with E-state index < -0.39 is 0 Å². The molecule has 2 heterocycles. The van der Waals surface area contributed by atoms with Crippen LogP contribution >= 0.6 is 11.3 Å². The van der Waals surface area contributed by atoms with Gasteiger partial charge in [-0.15, -0.1) is 11.3 Å².